The van der Waals surface area contributed by atoms with E-state index in [2.05, 4.69) is 17.4 Å². The molecule has 0 radical (unpaired) electrons. The number of hydrogen-bond acceptors (Lipinski definition) is 2. The Balaban J connectivity index is 0. The van der Waals surface area contributed by atoms with E-state index in [1.54, 1.807) is 0 Å². The highest BCUT2D eigenvalue weighted by molar-refractivity contribution is 5.36. The molecule has 2 heteroatoms. The lowest BCUT2D eigenvalue weighted by atomic mass is 10.4. The lowest BCUT2D eigenvalue weighted by Crippen LogP contribution is -1.68. The summed E-state index contributed by atoms with van der Waals surface area (Å²) in [5.41, 5.74) is 0. The van der Waals surface area contributed by atoms with Gasteiger partial charge in [-0.25, -0.2) is 0 Å². The summed E-state index contributed by atoms with van der Waals surface area (Å²) in [5.74, 6) is 0. The van der Waals surface area contributed by atoms with Gasteiger partial charge in [0, 0.05) is 0 Å². The topological polar surface area (TPSA) is 26.3 Å². The van der Waals surface area contributed by atoms with Gasteiger partial charge in [0.25, 0.3) is 6.47 Å². The van der Waals surface area contributed by atoms with Gasteiger partial charge in [0.2, 0.25) is 0 Å². The van der Waals surface area contributed by atoms with E-state index in [1.807, 2.05) is 19.1 Å². The molecule has 0 aromatic carbocycles. The maximum absolute atomic E-state index is 8.95. The molecule has 58 valence electrons. The molecule has 0 heterocycles. The van der Waals surface area contributed by atoms with Gasteiger partial charge in [-0.1, -0.05) is 18.2 Å². The molecule has 0 aliphatic carbocycles. The summed E-state index contributed by atoms with van der Waals surface area (Å²) in [4.78, 5) is 8.95. The van der Waals surface area contributed by atoms with Crippen molar-refractivity contribution in [1.29, 1.82) is 0 Å². The van der Waals surface area contributed by atoms with Gasteiger partial charge in [-0.05, 0) is 13.3 Å². The molecule has 2 nitrogen and oxygen atoms in total. The van der Waals surface area contributed by atoms with Gasteiger partial charge in [-0.2, -0.15) is 0 Å². The molecule has 0 rings (SSSR count). The predicted octanol–water partition coefficient (Wildman–Crippen LogP) is 1.93. The Kier molecular flexibility index (Phi) is 18.4. The Labute approximate surface area is 62.2 Å². The third-order valence-corrected chi connectivity index (χ3v) is 0.635. The van der Waals surface area contributed by atoms with E-state index in [4.69, 9.17) is 4.79 Å². The number of carbonyl (C=O) groups excluding carboxylic acids is 1. The van der Waals surface area contributed by atoms with Gasteiger partial charge >= 0.3 is 0 Å². The van der Waals surface area contributed by atoms with Crippen molar-refractivity contribution in [3.63, 3.8) is 0 Å². The summed E-state index contributed by atoms with van der Waals surface area (Å²) < 4.78 is 3.86. The summed E-state index contributed by atoms with van der Waals surface area (Å²) in [6.45, 7) is 5.93. The summed E-state index contributed by atoms with van der Waals surface area (Å²) in [6, 6.07) is 0. The van der Waals surface area contributed by atoms with Crippen molar-refractivity contribution in [1.82, 2.24) is 0 Å². The van der Waals surface area contributed by atoms with Crippen LogP contribution in [0.3, 0.4) is 0 Å². The summed E-state index contributed by atoms with van der Waals surface area (Å²) >= 11 is 0. The monoisotopic (exact) mass is 142 g/mol. The van der Waals surface area contributed by atoms with Crippen molar-refractivity contribution in [2.75, 3.05) is 7.11 Å². The average molecular weight is 142 g/mol. The minimum Gasteiger partial charge on any atom is -0.471 e. The number of hydrogen-bond donors (Lipinski definition) is 0. The molecule has 0 aliphatic rings. The first-order valence-corrected chi connectivity index (χ1v) is 3.02. The third kappa shape index (κ3) is 28.3. The van der Waals surface area contributed by atoms with Crippen molar-refractivity contribution >= 4 is 6.47 Å². The molecular formula is C8H14O2. The highest BCUT2D eigenvalue weighted by Gasteiger charge is 1.57. The van der Waals surface area contributed by atoms with E-state index in [0.29, 0.717) is 6.47 Å². The van der Waals surface area contributed by atoms with Crippen molar-refractivity contribution in [2.45, 2.75) is 13.3 Å². The zero-order valence-electron chi connectivity index (χ0n) is 6.54. The summed E-state index contributed by atoms with van der Waals surface area (Å²) in [7, 11) is 1.31. The summed E-state index contributed by atoms with van der Waals surface area (Å²) in [5, 5.41) is 0. The fraction of sp³-hybridized carbons (Fsp3) is 0.375. The van der Waals surface area contributed by atoms with Crippen LogP contribution in [0.1, 0.15) is 13.3 Å². The molecule has 0 amide bonds. The average Bonchev–Trinajstić information content (AvgIpc) is 2.01. The first-order chi connectivity index (χ1) is 4.83. The third-order valence-electron chi connectivity index (χ3n) is 0.635. The van der Waals surface area contributed by atoms with Crippen LogP contribution >= 0.6 is 0 Å². The normalized spacial score (nSPS) is 7.80. The van der Waals surface area contributed by atoms with Crippen LogP contribution < -0.4 is 0 Å². The Morgan fingerprint density at radius 2 is 2.10 bits per heavy atom. The molecule has 10 heavy (non-hydrogen) atoms. The van der Waals surface area contributed by atoms with Crippen LogP contribution in [0.25, 0.3) is 0 Å². The molecule has 0 saturated carbocycles. The van der Waals surface area contributed by atoms with Crippen LogP contribution in [0, 0.1) is 0 Å². The van der Waals surface area contributed by atoms with E-state index in [9.17, 15) is 0 Å². The number of methoxy groups -OCH3 is 1. The van der Waals surface area contributed by atoms with Crippen LogP contribution in [0.2, 0.25) is 0 Å². The van der Waals surface area contributed by atoms with Crippen molar-refractivity contribution in [3.05, 3.63) is 24.8 Å². The predicted molar refractivity (Wildman–Crippen MR) is 42.7 cm³/mol. The van der Waals surface area contributed by atoms with Crippen LogP contribution in [0.4, 0.5) is 0 Å². The minimum atomic E-state index is 0.375. The Hall–Kier alpha value is -1.05. The zero-order chi connectivity index (χ0) is 8.24. The van der Waals surface area contributed by atoms with Crippen LogP contribution in [0.15, 0.2) is 24.8 Å². The van der Waals surface area contributed by atoms with Crippen LogP contribution in [-0.2, 0) is 9.53 Å². The SMILES string of the molecule is C=CCC=CC.COC=O. The molecular weight excluding hydrogens is 128 g/mol. The molecule has 0 spiro atoms. The van der Waals surface area contributed by atoms with Crippen molar-refractivity contribution < 1.29 is 9.53 Å². The van der Waals surface area contributed by atoms with E-state index >= 15 is 0 Å². The molecule has 0 unspecified atom stereocenters. The second kappa shape index (κ2) is 15.7. The summed E-state index contributed by atoms with van der Waals surface area (Å²) in [6.07, 6.45) is 6.95. The van der Waals surface area contributed by atoms with Crippen LogP contribution in [0.5, 0.6) is 0 Å². The van der Waals surface area contributed by atoms with E-state index in [-0.39, 0.29) is 0 Å². The maximum Gasteiger partial charge on any atom is 0.292 e. The Morgan fingerprint density at radius 3 is 2.20 bits per heavy atom. The molecule has 0 N–H and O–H groups in total. The lowest BCUT2D eigenvalue weighted by Gasteiger charge is -1.69. The van der Waals surface area contributed by atoms with Gasteiger partial charge in [0.05, 0.1) is 7.11 Å². The second-order valence-corrected chi connectivity index (χ2v) is 1.43. The van der Waals surface area contributed by atoms with E-state index < -0.39 is 0 Å². The molecule has 0 aromatic heterocycles. The van der Waals surface area contributed by atoms with Crippen molar-refractivity contribution in [3.8, 4) is 0 Å². The largest absolute Gasteiger partial charge is 0.471 e. The number of ether oxygens (including phenoxy) is 1. The van der Waals surface area contributed by atoms with Crippen molar-refractivity contribution in [2.24, 2.45) is 0 Å². The second-order valence-electron chi connectivity index (χ2n) is 1.43. The van der Waals surface area contributed by atoms with Crippen LogP contribution in [-0.4, -0.2) is 13.6 Å². The van der Waals surface area contributed by atoms with Gasteiger partial charge in [0.1, 0.15) is 0 Å². The smallest absolute Gasteiger partial charge is 0.292 e. The highest BCUT2D eigenvalue weighted by Crippen LogP contribution is 1.78. The molecule has 0 bridgehead atoms. The van der Waals surface area contributed by atoms with Gasteiger partial charge in [-0.3, -0.25) is 4.79 Å². The van der Waals surface area contributed by atoms with Gasteiger partial charge in [0.15, 0.2) is 0 Å². The molecule has 0 saturated heterocycles. The van der Waals surface area contributed by atoms with Gasteiger partial charge < -0.3 is 4.74 Å². The molecule has 0 aromatic rings. The fourth-order valence-corrected chi connectivity index (χ4v) is 0.232. The quantitative estimate of drug-likeness (QED) is 0.444. The number of rotatable bonds is 3. The number of carbonyl (C=O) groups is 1. The Bertz CT molecular complexity index is 95.4. The van der Waals surface area contributed by atoms with E-state index in [0.717, 1.165) is 6.42 Å². The van der Waals surface area contributed by atoms with Gasteiger partial charge in [-0.15, -0.1) is 6.58 Å². The number of allylic oxidation sites excluding steroid dienone is 3. The molecule has 0 aliphatic heterocycles. The fourth-order valence-electron chi connectivity index (χ4n) is 0.232. The first-order valence-electron chi connectivity index (χ1n) is 3.02. The zero-order valence-corrected chi connectivity index (χ0v) is 6.54. The standard InChI is InChI=1S/C6H10.C2H4O2/c1-3-5-6-4-2;1-4-2-3/h3-4,6H,1,5H2,2H3;2H,1H3. The van der Waals surface area contributed by atoms with E-state index in [1.165, 1.54) is 7.11 Å². The Morgan fingerprint density at radius 1 is 1.60 bits per heavy atom. The molecule has 0 fully saturated rings. The first kappa shape index (κ1) is 11.7. The molecule has 0 atom stereocenters. The maximum atomic E-state index is 8.95. The highest BCUT2D eigenvalue weighted by atomic mass is 16.5. The minimum absolute atomic E-state index is 0.375. The lowest BCUT2D eigenvalue weighted by molar-refractivity contribution is -0.126.